The highest BCUT2D eigenvalue weighted by atomic mass is 16.5. The quantitative estimate of drug-likeness (QED) is 0.801. The zero-order valence-corrected chi connectivity index (χ0v) is 10.2. The van der Waals surface area contributed by atoms with E-state index in [9.17, 15) is 9.90 Å². The minimum Gasteiger partial charge on any atom is -0.479 e. The van der Waals surface area contributed by atoms with Crippen LogP contribution in [0.5, 0.6) is 0 Å². The van der Waals surface area contributed by atoms with Crippen molar-refractivity contribution in [1.82, 2.24) is 0 Å². The predicted octanol–water partition coefficient (Wildman–Crippen LogP) is 2.69. The molecule has 2 aliphatic carbocycles. The predicted molar refractivity (Wildman–Crippen MR) is 61.2 cm³/mol. The Bertz CT molecular complexity index is 262. The van der Waals surface area contributed by atoms with Crippen LogP contribution < -0.4 is 0 Å². The number of carboxylic acid groups (broad SMARTS) is 1. The van der Waals surface area contributed by atoms with E-state index in [1.807, 2.05) is 0 Å². The van der Waals surface area contributed by atoms with Gasteiger partial charge in [0.1, 0.15) is 0 Å². The van der Waals surface area contributed by atoms with Crippen molar-refractivity contribution in [2.45, 2.75) is 51.6 Å². The second-order valence-corrected chi connectivity index (χ2v) is 5.64. The minimum atomic E-state index is -0.779. The first-order valence-electron chi connectivity index (χ1n) is 6.36. The van der Waals surface area contributed by atoms with Crippen LogP contribution in [0.4, 0.5) is 0 Å². The van der Waals surface area contributed by atoms with Gasteiger partial charge in [0.05, 0.1) is 0 Å². The average Bonchev–Trinajstić information content (AvgIpc) is 3.01. The Hall–Kier alpha value is -0.570. The van der Waals surface area contributed by atoms with Crippen molar-refractivity contribution in [3.8, 4) is 0 Å². The number of methoxy groups -OCH3 is 1. The summed E-state index contributed by atoms with van der Waals surface area (Å²) in [5.74, 6) is 0.612. The van der Waals surface area contributed by atoms with Crippen LogP contribution in [0.1, 0.15) is 45.4 Å². The zero-order chi connectivity index (χ0) is 11.8. The molecule has 0 aromatic carbocycles. The number of rotatable bonds is 4. The van der Waals surface area contributed by atoms with E-state index in [2.05, 4.69) is 6.92 Å². The van der Waals surface area contributed by atoms with Crippen molar-refractivity contribution in [1.29, 1.82) is 0 Å². The van der Waals surface area contributed by atoms with E-state index in [4.69, 9.17) is 4.74 Å². The van der Waals surface area contributed by atoms with Crippen LogP contribution in [-0.4, -0.2) is 24.3 Å². The Kier molecular flexibility index (Phi) is 3.24. The van der Waals surface area contributed by atoms with Gasteiger partial charge in [-0.3, -0.25) is 0 Å². The Morgan fingerprint density at radius 2 is 1.88 bits per heavy atom. The third-order valence-electron chi connectivity index (χ3n) is 4.64. The fourth-order valence-electron chi connectivity index (χ4n) is 3.45. The first-order chi connectivity index (χ1) is 7.60. The number of carbonyl (C=O) groups is 1. The fourth-order valence-corrected chi connectivity index (χ4v) is 3.45. The van der Waals surface area contributed by atoms with E-state index in [1.54, 1.807) is 0 Å². The van der Waals surface area contributed by atoms with Crippen LogP contribution in [0.25, 0.3) is 0 Å². The van der Waals surface area contributed by atoms with Gasteiger partial charge in [-0.05, 0) is 37.5 Å². The van der Waals surface area contributed by atoms with Gasteiger partial charge in [-0.25, -0.2) is 4.79 Å². The molecule has 1 unspecified atom stereocenters. The monoisotopic (exact) mass is 226 g/mol. The summed E-state index contributed by atoms with van der Waals surface area (Å²) in [4.78, 5) is 11.2. The van der Waals surface area contributed by atoms with Crippen LogP contribution >= 0.6 is 0 Å². The molecule has 3 heteroatoms. The van der Waals surface area contributed by atoms with Crippen molar-refractivity contribution in [2.24, 2.45) is 17.3 Å². The van der Waals surface area contributed by atoms with Crippen LogP contribution in [0.3, 0.4) is 0 Å². The molecular weight excluding hydrogens is 204 g/mol. The number of carboxylic acids is 1. The third-order valence-corrected chi connectivity index (χ3v) is 4.64. The maximum absolute atomic E-state index is 11.2. The highest BCUT2D eigenvalue weighted by molar-refractivity contribution is 5.74. The summed E-state index contributed by atoms with van der Waals surface area (Å²) >= 11 is 0. The zero-order valence-electron chi connectivity index (χ0n) is 10.2. The summed E-state index contributed by atoms with van der Waals surface area (Å²) in [6.07, 6.45) is 6.38. The molecule has 0 radical (unpaired) electrons. The van der Waals surface area contributed by atoms with Gasteiger partial charge in [0.2, 0.25) is 0 Å². The topological polar surface area (TPSA) is 46.5 Å². The molecule has 2 aliphatic rings. The van der Waals surface area contributed by atoms with Crippen LogP contribution in [0, 0.1) is 17.3 Å². The molecule has 0 heterocycles. The Balaban J connectivity index is 2.04. The van der Waals surface area contributed by atoms with Gasteiger partial charge < -0.3 is 9.84 Å². The SMILES string of the molecule is COC(C(=O)O)C1(C2CCC(C)CC2)CC1. The molecule has 2 fully saturated rings. The lowest BCUT2D eigenvalue weighted by atomic mass is 9.72. The van der Waals surface area contributed by atoms with E-state index in [0.717, 1.165) is 18.8 Å². The largest absolute Gasteiger partial charge is 0.479 e. The summed E-state index contributed by atoms with van der Waals surface area (Å²) in [7, 11) is 1.53. The van der Waals surface area contributed by atoms with Gasteiger partial charge >= 0.3 is 5.97 Å². The molecule has 0 bridgehead atoms. The molecule has 2 saturated carbocycles. The van der Waals surface area contributed by atoms with Crippen molar-refractivity contribution in [3.05, 3.63) is 0 Å². The molecule has 1 N–H and O–H groups in total. The smallest absolute Gasteiger partial charge is 0.333 e. The molecule has 0 saturated heterocycles. The molecular formula is C13H22O3. The lowest BCUT2D eigenvalue weighted by Gasteiger charge is -2.35. The van der Waals surface area contributed by atoms with Crippen LogP contribution in [-0.2, 0) is 9.53 Å². The van der Waals surface area contributed by atoms with Crippen LogP contribution in [0.15, 0.2) is 0 Å². The second kappa shape index (κ2) is 4.36. The summed E-state index contributed by atoms with van der Waals surface area (Å²) in [6, 6.07) is 0. The lowest BCUT2D eigenvalue weighted by Crippen LogP contribution is -2.39. The molecule has 3 nitrogen and oxygen atoms in total. The van der Waals surface area contributed by atoms with Gasteiger partial charge in [-0.1, -0.05) is 19.8 Å². The van der Waals surface area contributed by atoms with Crippen molar-refractivity contribution in [2.75, 3.05) is 7.11 Å². The second-order valence-electron chi connectivity index (χ2n) is 5.64. The first-order valence-corrected chi connectivity index (χ1v) is 6.36. The molecule has 16 heavy (non-hydrogen) atoms. The summed E-state index contributed by atoms with van der Waals surface area (Å²) in [6.45, 7) is 2.29. The van der Waals surface area contributed by atoms with E-state index < -0.39 is 12.1 Å². The number of hydrogen-bond acceptors (Lipinski definition) is 2. The Morgan fingerprint density at radius 1 is 1.31 bits per heavy atom. The van der Waals surface area contributed by atoms with E-state index in [0.29, 0.717) is 5.92 Å². The summed E-state index contributed by atoms with van der Waals surface area (Å²) < 4.78 is 5.22. The molecule has 92 valence electrons. The lowest BCUT2D eigenvalue weighted by molar-refractivity contribution is -0.155. The van der Waals surface area contributed by atoms with Gasteiger partial charge in [-0.15, -0.1) is 0 Å². The average molecular weight is 226 g/mol. The number of hydrogen-bond donors (Lipinski definition) is 1. The molecule has 0 aromatic heterocycles. The van der Waals surface area contributed by atoms with Crippen LogP contribution in [0.2, 0.25) is 0 Å². The fraction of sp³-hybridized carbons (Fsp3) is 0.923. The molecule has 0 amide bonds. The van der Waals surface area contributed by atoms with Crippen molar-refractivity contribution in [3.63, 3.8) is 0 Å². The van der Waals surface area contributed by atoms with Gasteiger partial charge in [0.25, 0.3) is 0 Å². The van der Waals surface area contributed by atoms with Crippen molar-refractivity contribution >= 4 is 5.97 Å². The third kappa shape index (κ3) is 1.97. The standard InChI is InChI=1S/C13H22O3/c1-9-3-5-10(6-4-9)13(7-8-13)11(16-2)12(14)15/h9-11H,3-8H2,1-2H3,(H,14,15). The van der Waals surface area contributed by atoms with E-state index >= 15 is 0 Å². The van der Waals surface area contributed by atoms with Gasteiger partial charge in [0, 0.05) is 12.5 Å². The Morgan fingerprint density at radius 3 is 2.25 bits per heavy atom. The highest BCUT2D eigenvalue weighted by Crippen LogP contribution is 2.59. The Labute approximate surface area is 97.2 Å². The molecule has 1 atom stereocenters. The maximum atomic E-state index is 11.2. The highest BCUT2D eigenvalue weighted by Gasteiger charge is 2.57. The first kappa shape index (κ1) is 11.9. The minimum absolute atomic E-state index is 0.0271. The normalized spacial score (nSPS) is 34.4. The van der Waals surface area contributed by atoms with E-state index in [1.165, 1.54) is 32.8 Å². The summed E-state index contributed by atoms with van der Waals surface area (Å²) in [5.41, 5.74) is -0.0271. The molecule has 0 aromatic rings. The number of aliphatic carboxylic acids is 1. The van der Waals surface area contributed by atoms with Gasteiger partial charge in [0.15, 0.2) is 6.10 Å². The summed E-state index contributed by atoms with van der Waals surface area (Å²) in [5, 5.41) is 9.21. The molecule has 0 spiro atoms. The number of ether oxygens (including phenoxy) is 1. The maximum Gasteiger partial charge on any atom is 0.333 e. The molecule has 2 rings (SSSR count). The van der Waals surface area contributed by atoms with E-state index in [-0.39, 0.29) is 5.41 Å². The molecule has 0 aliphatic heterocycles. The van der Waals surface area contributed by atoms with Crippen molar-refractivity contribution < 1.29 is 14.6 Å². The van der Waals surface area contributed by atoms with Gasteiger partial charge in [-0.2, -0.15) is 0 Å².